The third kappa shape index (κ3) is 4.90. The van der Waals surface area contributed by atoms with Gasteiger partial charge in [-0.05, 0) is 36.4 Å². The lowest BCUT2D eigenvalue weighted by Gasteiger charge is -2.10. The van der Waals surface area contributed by atoms with Gasteiger partial charge in [0.2, 0.25) is 8.42 Å². The highest BCUT2D eigenvalue weighted by Crippen LogP contribution is 2.30. The van der Waals surface area contributed by atoms with Gasteiger partial charge in [-0.2, -0.15) is 5.26 Å². The lowest BCUT2D eigenvalue weighted by Crippen LogP contribution is -2.02. The summed E-state index contributed by atoms with van der Waals surface area (Å²) in [4.78, 5) is 3.09. The van der Waals surface area contributed by atoms with Crippen LogP contribution >= 0.6 is 22.7 Å². The van der Waals surface area contributed by atoms with Gasteiger partial charge >= 0.3 is 0 Å². The smallest absolute Gasteiger partial charge is 0.213 e. The lowest BCUT2D eigenvalue weighted by atomic mass is 10.3. The molecule has 0 bridgehead atoms. The summed E-state index contributed by atoms with van der Waals surface area (Å²) in [5, 5.41) is 12.3. The number of thiophene rings is 2. The molecule has 4 nitrogen and oxygen atoms in total. The van der Waals surface area contributed by atoms with Crippen LogP contribution < -0.4 is 5.32 Å². The van der Waals surface area contributed by atoms with Crippen LogP contribution in [0, 0.1) is 11.3 Å². The van der Waals surface area contributed by atoms with Gasteiger partial charge in [0.15, 0.2) is 9.79 Å². The Morgan fingerprint density at radius 1 is 0.800 bits per heavy atom. The maximum Gasteiger partial charge on any atom is 0.213 e. The first-order chi connectivity index (χ1) is 14.6. The molecule has 0 aliphatic heterocycles. The van der Waals surface area contributed by atoms with Crippen LogP contribution in [0.3, 0.4) is 0 Å². The Labute approximate surface area is 189 Å². The van der Waals surface area contributed by atoms with Crippen LogP contribution in [0.2, 0.25) is 0 Å². The van der Waals surface area contributed by atoms with Gasteiger partial charge in [-0.3, -0.25) is 0 Å². The summed E-state index contributed by atoms with van der Waals surface area (Å²) in [5.74, 6) is 0. The molecule has 4 aromatic rings. The monoisotopic (exact) mass is 468 g/mol. The summed E-state index contributed by atoms with van der Waals surface area (Å²) >= 11 is 0.268. The van der Waals surface area contributed by atoms with Gasteiger partial charge in [0.1, 0.15) is 10.9 Å². The van der Waals surface area contributed by atoms with E-state index in [-0.39, 0.29) is 0 Å². The quantitative estimate of drug-likeness (QED) is 0.357. The van der Waals surface area contributed by atoms with Crippen molar-refractivity contribution in [3.05, 3.63) is 88.6 Å². The highest BCUT2D eigenvalue weighted by molar-refractivity contribution is 7.93. The Hall–Kier alpha value is -2.25. The molecule has 4 rings (SSSR count). The molecule has 0 aliphatic carbocycles. The van der Waals surface area contributed by atoms with Crippen molar-refractivity contribution in [1.82, 2.24) is 0 Å². The largest absolute Gasteiger partial charge is 0.606 e. The molecule has 0 aliphatic rings. The van der Waals surface area contributed by atoms with E-state index < -0.39 is 22.4 Å². The zero-order chi connectivity index (χ0) is 20.9. The van der Waals surface area contributed by atoms with Crippen LogP contribution in [-0.4, -0.2) is 9.11 Å². The topological polar surface area (TPSA) is 81.9 Å². The first-order valence-corrected chi connectivity index (χ1v) is 12.9. The molecule has 2 aromatic heterocycles. The Bertz CT molecular complexity index is 1170. The minimum absolute atomic E-state index is 0.550. The van der Waals surface area contributed by atoms with Crippen LogP contribution in [0.5, 0.6) is 0 Å². The molecule has 0 saturated heterocycles. The number of nitriles is 1. The van der Waals surface area contributed by atoms with Crippen molar-refractivity contribution < 1.29 is 9.11 Å². The van der Waals surface area contributed by atoms with E-state index in [9.17, 15) is 9.11 Å². The molecule has 0 radical (unpaired) electrons. The van der Waals surface area contributed by atoms with Crippen LogP contribution in [0.4, 0.5) is 5.69 Å². The maximum atomic E-state index is 12.8. The highest BCUT2D eigenvalue weighted by atomic mass is 32.2. The first-order valence-electron chi connectivity index (χ1n) is 8.95. The number of nitrogens with one attached hydrogen (secondary N) is 1. The predicted octanol–water partition coefficient (Wildman–Crippen LogP) is 5.63. The molecule has 2 aromatic carbocycles. The molecule has 2 unspecified atom stereocenters. The van der Waals surface area contributed by atoms with Crippen molar-refractivity contribution in [2.75, 3.05) is 5.32 Å². The third-order valence-electron chi connectivity index (χ3n) is 4.17. The van der Waals surface area contributed by atoms with Gasteiger partial charge in [-0.15, -0.1) is 0 Å². The summed E-state index contributed by atoms with van der Waals surface area (Å²) in [6.45, 7) is 0.588. The fraction of sp³-hybridized carbons (Fsp3) is 0.0455. The maximum absolute atomic E-state index is 12.8. The first kappa shape index (κ1) is 21.0. The van der Waals surface area contributed by atoms with E-state index in [4.69, 9.17) is 5.26 Å². The molecule has 2 heterocycles. The van der Waals surface area contributed by atoms with E-state index in [1.165, 1.54) is 22.7 Å². The summed E-state index contributed by atoms with van der Waals surface area (Å²) < 4.78 is 26.9. The number of hydrogen-bond acceptors (Lipinski definition) is 6. The van der Waals surface area contributed by atoms with Crippen molar-refractivity contribution >= 4 is 50.7 Å². The van der Waals surface area contributed by atoms with Gasteiger partial charge in [0.05, 0.1) is 0 Å². The van der Waals surface area contributed by atoms with Crippen molar-refractivity contribution in [3.63, 3.8) is 0 Å². The minimum atomic E-state index is -1.32. The number of anilines is 1. The van der Waals surface area contributed by atoms with Gasteiger partial charge < -0.3 is 14.4 Å². The molecule has 1 N–H and O–H groups in total. The molecule has 150 valence electrons. The van der Waals surface area contributed by atoms with Crippen LogP contribution in [0.25, 0.3) is 0 Å². The molecule has 0 fully saturated rings. The predicted molar refractivity (Wildman–Crippen MR) is 123 cm³/mol. The molecule has 8 heteroatoms. The number of nitrogens with zero attached hydrogens (tertiary/aromatic N) is 1. The summed E-state index contributed by atoms with van der Waals surface area (Å²) in [5.41, 5.74) is 0.858. The summed E-state index contributed by atoms with van der Waals surface area (Å²) in [7, 11) is 0. The third-order valence-corrected chi connectivity index (χ3v) is 9.62. The van der Waals surface area contributed by atoms with Gasteiger partial charge in [0.25, 0.3) is 0 Å². The molecule has 0 amide bonds. The van der Waals surface area contributed by atoms with E-state index in [0.717, 1.165) is 19.7 Å². The standard InChI is InChI=1S/C22H16N2O2S4/c23-14-17-9-11-21(27-17)30(26)20-8-4-5-16(13-20)24-15-18-10-12-22(28-18)29(25)19-6-2-1-3-7-19/h1-13,24H,15H2. The van der Waals surface area contributed by atoms with Crippen molar-refractivity contribution in [1.29, 1.82) is 5.26 Å². The fourth-order valence-electron chi connectivity index (χ4n) is 2.72. The average Bonchev–Trinajstić information content (AvgIpc) is 3.47. The summed E-state index contributed by atoms with van der Waals surface area (Å²) in [6, 6.07) is 26.3. The van der Waals surface area contributed by atoms with Crippen molar-refractivity contribution in [2.45, 2.75) is 24.8 Å². The van der Waals surface area contributed by atoms with E-state index in [1.807, 2.05) is 66.7 Å². The SMILES string of the molecule is N#Cc1ccc([S+]([O-])c2cccc(NCc3ccc([S+]([O-])c4ccccc4)s3)c2)s1. The van der Waals surface area contributed by atoms with Crippen molar-refractivity contribution in [2.24, 2.45) is 0 Å². The minimum Gasteiger partial charge on any atom is -0.606 e. The molecule has 0 spiro atoms. The average molecular weight is 469 g/mol. The van der Waals surface area contributed by atoms with Crippen LogP contribution in [0.1, 0.15) is 9.75 Å². The Balaban J connectivity index is 1.42. The fourth-order valence-corrected chi connectivity index (χ4v) is 7.39. The van der Waals surface area contributed by atoms with Gasteiger partial charge in [0, 0.05) is 57.7 Å². The second-order valence-corrected chi connectivity index (χ2v) is 11.8. The summed E-state index contributed by atoms with van der Waals surface area (Å²) in [6.07, 6.45) is 0. The van der Waals surface area contributed by atoms with Crippen LogP contribution in [-0.2, 0) is 28.9 Å². The zero-order valence-corrected chi connectivity index (χ0v) is 18.9. The van der Waals surface area contributed by atoms with E-state index in [2.05, 4.69) is 11.4 Å². The molecule has 0 saturated carbocycles. The van der Waals surface area contributed by atoms with Crippen LogP contribution in [0.15, 0.2) is 97.1 Å². The molecule has 30 heavy (non-hydrogen) atoms. The van der Waals surface area contributed by atoms with Crippen molar-refractivity contribution in [3.8, 4) is 6.07 Å². The van der Waals surface area contributed by atoms with E-state index >= 15 is 0 Å². The van der Waals surface area contributed by atoms with Gasteiger partial charge in [-0.25, -0.2) is 0 Å². The van der Waals surface area contributed by atoms with Gasteiger partial charge in [-0.1, -0.05) is 46.9 Å². The van der Waals surface area contributed by atoms with E-state index in [1.54, 1.807) is 12.1 Å². The number of hydrogen-bond donors (Lipinski definition) is 1. The second-order valence-electron chi connectivity index (χ2n) is 6.18. The Morgan fingerprint density at radius 3 is 2.27 bits per heavy atom. The Morgan fingerprint density at radius 2 is 1.50 bits per heavy atom. The van der Waals surface area contributed by atoms with E-state index in [0.29, 0.717) is 20.5 Å². The second kappa shape index (κ2) is 9.71. The Kier molecular flexibility index (Phi) is 6.79. The zero-order valence-electron chi connectivity index (χ0n) is 15.6. The highest BCUT2D eigenvalue weighted by Gasteiger charge is 2.19. The molecule has 2 atom stereocenters. The molecular weight excluding hydrogens is 453 g/mol. The molecular formula is C22H16N2O2S4. The normalized spacial score (nSPS) is 12.8. The number of benzene rings is 2. The number of rotatable bonds is 7. The lowest BCUT2D eigenvalue weighted by molar-refractivity contribution is 0.596.